The predicted molar refractivity (Wildman–Crippen MR) is 15.4 cm³/mol. The molecule has 7 heavy (non-hydrogen) atoms. The standard InChI is InChI=1S/C2H4F2O3/c3-2(4,7)1(5)6/h1,5-7H. The fourth-order valence-corrected chi connectivity index (χ4v) is 0. The molecule has 0 rings (SSSR count). The number of rotatable bonds is 1. The molecule has 0 aromatic carbocycles. The van der Waals surface area contributed by atoms with E-state index in [0.717, 1.165) is 0 Å². The van der Waals surface area contributed by atoms with Gasteiger partial charge in [-0.1, -0.05) is 0 Å². The van der Waals surface area contributed by atoms with Crippen molar-refractivity contribution < 1.29 is 24.1 Å². The van der Waals surface area contributed by atoms with Gasteiger partial charge in [-0.3, -0.25) is 0 Å². The van der Waals surface area contributed by atoms with Crippen LogP contribution in [0.1, 0.15) is 0 Å². The lowest BCUT2D eigenvalue weighted by Gasteiger charge is -2.08. The monoisotopic (exact) mass is 114 g/mol. The molecule has 0 aromatic rings. The molecular formula is C2H4F2O3. The van der Waals surface area contributed by atoms with E-state index in [1.165, 1.54) is 0 Å². The molecule has 0 unspecified atom stereocenters. The SMILES string of the molecule is OC(O)C(O)(F)F. The first-order chi connectivity index (χ1) is 2.94. The Morgan fingerprint density at radius 2 is 1.43 bits per heavy atom. The average molecular weight is 114 g/mol. The fourth-order valence-electron chi connectivity index (χ4n) is 0. The number of hydrogen-bond acceptors (Lipinski definition) is 3. The van der Waals surface area contributed by atoms with Crippen LogP contribution >= 0.6 is 0 Å². The maximum atomic E-state index is 10.9. The van der Waals surface area contributed by atoms with Crippen LogP contribution in [-0.4, -0.2) is 27.7 Å². The second kappa shape index (κ2) is 1.69. The van der Waals surface area contributed by atoms with Crippen molar-refractivity contribution in [2.24, 2.45) is 0 Å². The van der Waals surface area contributed by atoms with Gasteiger partial charge in [0.2, 0.25) is 6.29 Å². The van der Waals surface area contributed by atoms with Crippen LogP contribution in [0.5, 0.6) is 0 Å². The highest BCUT2D eigenvalue weighted by Crippen LogP contribution is 2.10. The van der Waals surface area contributed by atoms with Crippen LogP contribution in [0.3, 0.4) is 0 Å². The quantitative estimate of drug-likeness (QED) is 0.378. The molecule has 0 spiro atoms. The van der Waals surface area contributed by atoms with E-state index in [1.807, 2.05) is 0 Å². The van der Waals surface area contributed by atoms with Gasteiger partial charge >= 0.3 is 6.11 Å². The zero-order valence-electron chi connectivity index (χ0n) is 3.17. The molecule has 5 heteroatoms. The molecule has 3 nitrogen and oxygen atoms in total. The summed E-state index contributed by atoms with van der Waals surface area (Å²) in [4.78, 5) is 0. The maximum absolute atomic E-state index is 10.9. The third kappa shape index (κ3) is 2.44. The van der Waals surface area contributed by atoms with E-state index in [2.05, 4.69) is 0 Å². The third-order valence-electron chi connectivity index (χ3n) is 0.311. The largest absolute Gasteiger partial charge is 0.403 e. The van der Waals surface area contributed by atoms with Crippen LogP contribution < -0.4 is 0 Å². The van der Waals surface area contributed by atoms with Crippen LogP contribution in [0.4, 0.5) is 8.78 Å². The van der Waals surface area contributed by atoms with Gasteiger partial charge in [-0.15, -0.1) is 0 Å². The Kier molecular flexibility index (Phi) is 1.63. The molecule has 0 aliphatic heterocycles. The Bertz CT molecular complexity index is 56.4. The molecule has 0 radical (unpaired) electrons. The van der Waals surface area contributed by atoms with Gasteiger partial charge in [-0.25, -0.2) is 0 Å². The van der Waals surface area contributed by atoms with Crippen LogP contribution in [0.15, 0.2) is 0 Å². The number of aliphatic hydroxyl groups excluding tert-OH is 1. The lowest BCUT2D eigenvalue weighted by molar-refractivity contribution is -0.317. The normalized spacial score (nSPS) is 12.9. The minimum atomic E-state index is -4.39. The summed E-state index contributed by atoms with van der Waals surface area (Å²) in [5, 5.41) is 22.2. The lowest BCUT2D eigenvalue weighted by Crippen LogP contribution is -2.32. The van der Waals surface area contributed by atoms with E-state index in [1.54, 1.807) is 0 Å². The molecule has 0 amide bonds. The van der Waals surface area contributed by atoms with Crippen molar-refractivity contribution in [1.29, 1.82) is 0 Å². The van der Waals surface area contributed by atoms with Gasteiger partial charge in [-0.2, -0.15) is 8.78 Å². The van der Waals surface area contributed by atoms with Gasteiger partial charge in [0.1, 0.15) is 0 Å². The molecule has 0 heterocycles. The van der Waals surface area contributed by atoms with Gasteiger partial charge in [0.05, 0.1) is 0 Å². The molecule has 44 valence electrons. The molecular weight excluding hydrogens is 110 g/mol. The second-order valence-corrected chi connectivity index (χ2v) is 0.961. The molecule has 0 bridgehead atoms. The molecule has 0 aliphatic carbocycles. The molecule has 0 atom stereocenters. The van der Waals surface area contributed by atoms with E-state index in [9.17, 15) is 8.78 Å². The van der Waals surface area contributed by atoms with Crippen LogP contribution in [0.2, 0.25) is 0 Å². The molecule has 0 aromatic heterocycles. The number of hydrogen-bond donors (Lipinski definition) is 3. The van der Waals surface area contributed by atoms with Crippen molar-refractivity contribution in [1.82, 2.24) is 0 Å². The van der Waals surface area contributed by atoms with Crippen LogP contribution in [0, 0.1) is 0 Å². The smallest absolute Gasteiger partial charge is 0.361 e. The third-order valence-corrected chi connectivity index (χ3v) is 0.311. The first-order valence-electron chi connectivity index (χ1n) is 1.41. The summed E-state index contributed by atoms with van der Waals surface area (Å²) in [6.07, 6.45) is -7.37. The van der Waals surface area contributed by atoms with Gasteiger partial charge in [0, 0.05) is 0 Å². The van der Waals surface area contributed by atoms with Crippen molar-refractivity contribution in [3.63, 3.8) is 0 Å². The van der Waals surface area contributed by atoms with E-state index >= 15 is 0 Å². The summed E-state index contributed by atoms with van der Waals surface area (Å²) in [5.74, 6) is 0. The zero-order chi connectivity index (χ0) is 6.08. The molecule has 0 aliphatic rings. The Hall–Kier alpha value is -0.260. The lowest BCUT2D eigenvalue weighted by atomic mass is 10.6. The molecule has 0 fully saturated rings. The highest BCUT2D eigenvalue weighted by atomic mass is 19.3. The van der Waals surface area contributed by atoms with Crippen LogP contribution in [-0.2, 0) is 0 Å². The zero-order valence-corrected chi connectivity index (χ0v) is 3.17. The fraction of sp³-hybridized carbons (Fsp3) is 1.00. The van der Waals surface area contributed by atoms with E-state index < -0.39 is 12.4 Å². The van der Waals surface area contributed by atoms with Crippen molar-refractivity contribution in [2.45, 2.75) is 12.4 Å². The van der Waals surface area contributed by atoms with Gasteiger partial charge < -0.3 is 15.3 Å². The summed E-state index contributed by atoms with van der Waals surface area (Å²) in [7, 11) is 0. The minimum absolute atomic E-state index is 2.98. The topological polar surface area (TPSA) is 60.7 Å². The molecule has 3 N–H and O–H groups in total. The number of alkyl halides is 2. The van der Waals surface area contributed by atoms with E-state index in [-0.39, 0.29) is 0 Å². The highest BCUT2D eigenvalue weighted by molar-refractivity contribution is 4.46. The maximum Gasteiger partial charge on any atom is 0.403 e. The Morgan fingerprint density at radius 1 is 1.29 bits per heavy atom. The van der Waals surface area contributed by atoms with Crippen molar-refractivity contribution in [2.75, 3.05) is 0 Å². The van der Waals surface area contributed by atoms with E-state index in [0.29, 0.717) is 0 Å². The Morgan fingerprint density at radius 3 is 1.43 bits per heavy atom. The van der Waals surface area contributed by atoms with E-state index in [4.69, 9.17) is 15.3 Å². The summed E-state index contributed by atoms with van der Waals surface area (Å²) < 4.78 is 21.8. The summed E-state index contributed by atoms with van der Waals surface area (Å²) in [6, 6.07) is 0. The first kappa shape index (κ1) is 6.74. The number of halogens is 2. The van der Waals surface area contributed by atoms with Gasteiger partial charge in [0.25, 0.3) is 0 Å². The minimum Gasteiger partial charge on any atom is -0.361 e. The van der Waals surface area contributed by atoms with Crippen LogP contribution in [0.25, 0.3) is 0 Å². The predicted octanol–water partition coefficient (Wildman–Crippen LogP) is -1.12. The summed E-state index contributed by atoms with van der Waals surface area (Å²) in [6.45, 7) is 0. The van der Waals surface area contributed by atoms with Crippen molar-refractivity contribution in [3.8, 4) is 0 Å². The Labute approximate surface area is 37.8 Å². The van der Waals surface area contributed by atoms with Gasteiger partial charge in [-0.05, 0) is 0 Å². The number of aliphatic hydroxyl groups is 3. The van der Waals surface area contributed by atoms with Crippen molar-refractivity contribution >= 4 is 0 Å². The summed E-state index contributed by atoms with van der Waals surface area (Å²) >= 11 is 0. The second-order valence-electron chi connectivity index (χ2n) is 0.961. The van der Waals surface area contributed by atoms with Gasteiger partial charge in [0.15, 0.2) is 0 Å². The first-order valence-corrected chi connectivity index (χ1v) is 1.41. The highest BCUT2D eigenvalue weighted by Gasteiger charge is 2.33. The average Bonchev–Trinajstić information content (AvgIpc) is 1.31. The molecule has 0 saturated carbocycles. The van der Waals surface area contributed by atoms with Crippen molar-refractivity contribution in [3.05, 3.63) is 0 Å². The Balaban J connectivity index is 3.54. The molecule has 0 saturated heterocycles. The summed E-state index contributed by atoms with van der Waals surface area (Å²) in [5.41, 5.74) is 0.